The van der Waals surface area contributed by atoms with E-state index < -0.39 is 0 Å². The van der Waals surface area contributed by atoms with Crippen molar-refractivity contribution in [1.29, 1.82) is 0 Å². The maximum absolute atomic E-state index is 6.04. The molecule has 0 amide bonds. The Morgan fingerprint density at radius 1 is 0.625 bits per heavy atom. The molecule has 0 aliphatic heterocycles. The average molecular weight is 354 g/mol. The molecule has 0 spiro atoms. The fourth-order valence-electron chi connectivity index (χ4n) is 2.74. The summed E-state index contributed by atoms with van der Waals surface area (Å²) in [6.45, 7) is 0. The predicted molar refractivity (Wildman–Crippen MR) is 97.7 cm³/mol. The Morgan fingerprint density at radius 3 is 1.46 bits per heavy atom. The molecular formula is C19H13Cl2N3. The van der Waals surface area contributed by atoms with Crippen molar-refractivity contribution in [2.24, 2.45) is 0 Å². The minimum absolute atomic E-state index is 0.146. The topological polar surface area (TPSA) is 30.7 Å². The summed E-state index contributed by atoms with van der Waals surface area (Å²) in [6.07, 6.45) is 0. The van der Waals surface area contributed by atoms with Crippen LogP contribution in [0.15, 0.2) is 72.8 Å². The van der Waals surface area contributed by atoms with Crippen molar-refractivity contribution in [3.05, 3.63) is 94.0 Å². The zero-order valence-electron chi connectivity index (χ0n) is 12.6. The minimum Gasteiger partial charge on any atom is -0.172 e. The lowest BCUT2D eigenvalue weighted by molar-refractivity contribution is 0.526. The Hall–Kier alpha value is -2.36. The Morgan fingerprint density at radius 2 is 1.04 bits per heavy atom. The maximum atomic E-state index is 6.04. The number of hydrogen-bond acceptors (Lipinski definition) is 2. The van der Waals surface area contributed by atoms with Crippen molar-refractivity contribution in [2.75, 3.05) is 0 Å². The zero-order chi connectivity index (χ0) is 16.5. The summed E-state index contributed by atoms with van der Waals surface area (Å²) < 4.78 is 0. The van der Waals surface area contributed by atoms with Gasteiger partial charge in [-0.3, -0.25) is 0 Å². The van der Waals surface area contributed by atoms with Crippen molar-refractivity contribution >= 4 is 34.2 Å². The lowest BCUT2D eigenvalue weighted by atomic mass is 9.99. The smallest absolute Gasteiger partial charge is 0.122 e. The molecule has 4 rings (SSSR count). The molecule has 0 aliphatic rings. The highest BCUT2D eigenvalue weighted by atomic mass is 35.5. The van der Waals surface area contributed by atoms with Gasteiger partial charge in [-0.2, -0.15) is 15.0 Å². The summed E-state index contributed by atoms with van der Waals surface area (Å²) in [5, 5.41) is 10.7. The van der Waals surface area contributed by atoms with Gasteiger partial charge < -0.3 is 0 Å². The molecule has 0 fully saturated rings. The molecule has 0 unspecified atom stereocenters. The second-order valence-corrected chi connectivity index (χ2v) is 6.39. The summed E-state index contributed by atoms with van der Waals surface area (Å²) in [4.78, 5) is 1.75. The zero-order valence-corrected chi connectivity index (χ0v) is 14.1. The second kappa shape index (κ2) is 6.27. The molecule has 0 saturated heterocycles. The van der Waals surface area contributed by atoms with Crippen LogP contribution < -0.4 is 0 Å². The highest BCUT2D eigenvalue weighted by Gasteiger charge is 2.19. The Kier molecular flexibility index (Phi) is 3.97. The van der Waals surface area contributed by atoms with Gasteiger partial charge in [0.05, 0.1) is 0 Å². The molecule has 1 aromatic heterocycles. The molecule has 0 radical (unpaired) electrons. The van der Waals surface area contributed by atoms with Gasteiger partial charge in [0.2, 0.25) is 0 Å². The van der Waals surface area contributed by atoms with E-state index in [-0.39, 0.29) is 6.04 Å². The van der Waals surface area contributed by atoms with Crippen LogP contribution in [0.2, 0.25) is 10.0 Å². The van der Waals surface area contributed by atoms with Crippen LogP contribution in [0, 0.1) is 0 Å². The summed E-state index contributed by atoms with van der Waals surface area (Å²) in [5.41, 5.74) is 3.85. The van der Waals surface area contributed by atoms with Crippen molar-refractivity contribution < 1.29 is 0 Å². The highest BCUT2D eigenvalue weighted by molar-refractivity contribution is 6.30. The third-order valence-corrected chi connectivity index (χ3v) is 4.41. The first kappa shape index (κ1) is 15.2. The Labute approximate surface area is 149 Å². The van der Waals surface area contributed by atoms with E-state index in [1.54, 1.807) is 4.80 Å². The molecule has 118 valence electrons. The lowest BCUT2D eigenvalue weighted by Crippen LogP contribution is -2.15. The first-order chi connectivity index (χ1) is 11.7. The van der Waals surface area contributed by atoms with Gasteiger partial charge in [0.1, 0.15) is 17.1 Å². The van der Waals surface area contributed by atoms with Crippen LogP contribution >= 0.6 is 23.2 Å². The van der Waals surface area contributed by atoms with Gasteiger partial charge in [-0.15, -0.1) is 0 Å². The predicted octanol–water partition coefficient (Wildman–Crippen LogP) is 5.38. The van der Waals surface area contributed by atoms with E-state index in [9.17, 15) is 0 Å². The maximum Gasteiger partial charge on any atom is 0.122 e. The summed E-state index contributed by atoms with van der Waals surface area (Å²) in [7, 11) is 0. The largest absolute Gasteiger partial charge is 0.172 e. The Balaban J connectivity index is 1.88. The van der Waals surface area contributed by atoms with Gasteiger partial charge in [-0.1, -0.05) is 59.6 Å². The van der Waals surface area contributed by atoms with Crippen LogP contribution in [0.5, 0.6) is 0 Å². The third kappa shape index (κ3) is 2.88. The molecular weight excluding hydrogens is 341 g/mol. The fraction of sp³-hybridized carbons (Fsp3) is 0.0526. The molecule has 5 heteroatoms. The van der Waals surface area contributed by atoms with E-state index in [0.29, 0.717) is 10.0 Å². The van der Waals surface area contributed by atoms with Gasteiger partial charge in [0, 0.05) is 10.0 Å². The first-order valence-electron chi connectivity index (χ1n) is 7.53. The molecule has 0 saturated carbocycles. The van der Waals surface area contributed by atoms with Crippen LogP contribution in [0.25, 0.3) is 11.0 Å². The van der Waals surface area contributed by atoms with Crippen molar-refractivity contribution in [3.63, 3.8) is 0 Å². The minimum atomic E-state index is -0.146. The van der Waals surface area contributed by atoms with Gasteiger partial charge >= 0.3 is 0 Å². The van der Waals surface area contributed by atoms with Gasteiger partial charge in [0.15, 0.2) is 0 Å². The SMILES string of the molecule is Clc1ccc(C(c2ccc(Cl)cc2)n2nc3ccccc3n2)cc1. The van der Waals surface area contributed by atoms with Crippen LogP contribution in [-0.4, -0.2) is 15.0 Å². The Bertz CT molecular complexity index is 897. The van der Waals surface area contributed by atoms with E-state index in [1.165, 1.54) is 0 Å². The second-order valence-electron chi connectivity index (χ2n) is 5.51. The molecule has 0 atom stereocenters. The standard InChI is InChI=1S/C19H13Cl2N3/c20-15-9-5-13(6-10-15)19(14-7-11-16(21)12-8-14)24-22-17-3-1-2-4-18(17)23-24/h1-12,19H. The van der Waals surface area contributed by atoms with E-state index in [0.717, 1.165) is 22.2 Å². The van der Waals surface area contributed by atoms with E-state index >= 15 is 0 Å². The summed E-state index contributed by atoms with van der Waals surface area (Å²) >= 11 is 12.1. The van der Waals surface area contributed by atoms with Gasteiger partial charge in [0.25, 0.3) is 0 Å². The van der Waals surface area contributed by atoms with Crippen LogP contribution in [0.3, 0.4) is 0 Å². The number of nitrogens with zero attached hydrogens (tertiary/aromatic N) is 3. The third-order valence-electron chi connectivity index (χ3n) is 3.90. The number of halogens is 2. The monoisotopic (exact) mass is 353 g/mol. The molecule has 1 heterocycles. The van der Waals surface area contributed by atoms with Crippen molar-refractivity contribution in [2.45, 2.75) is 6.04 Å². The van der Waals surface area contributed by atoms with Gasteiger partial charge in [-0.05, 0) is 47.5 Å². The highest BCUT2D eigenvalue weighted by Crippen LogP contribution is 2.28. The van der Waals surface area contributed by atoms with Gasteiger partial charge in [-0.25, -0.2) is 0 Å². The lowest BCUT2D eigenvalue weighted by Gasteiger charge is -2.17. The molecule has 3 nitrogen and oxygen atoms in total. The first-order valence-corrected chi connectivity index (χ1v) is 8.29. The quantitative estimate of drug-likeness (QED) is 0.495. The normalized spacial score (nSPS) is 11.3. The van der Waals surface area contributed by atoms with Crippen LogP contribution in [-0.2, 0) is 0 Å². The number of rotatable bonds is 3. The average Bonchev–Trinajstić information content (AvgIpc) is 3.02. The van der Waals surface area contributed by atoms with Crippen molar-refractivity contribution in [1.82, 2.24) is 15.0 Å². The molecule has 0 bridgehead atoms. The number of aromatic nitrogens is 3. The van der Waals surface area contributed by atoms with E-state index in [4.69, 9.17) is 23.2 Å². The summed E-state index contributed by atoms with van der Waals surface area (Å²) in [5.74, 6) is 0. The van der Waals surface area contributed by atoms with Crippen LogP contribution in [0.1, 0.15) is 17.2 Å². The summed E-state index contributed by atoms with van der Waals surface area (Å²) in [6, 6.07) is 23.2. The van der Waals surface area contributed by atoms with E-state index in [1.807, 2.05) is 72.8 Å². The number of hydrogen-bond donors (Lipinski definition) is 0. The number of benzene rings is 3. The molecule has 0 aliphatic carbocycles. The molecule has 3 aromatic carbocycles. The molecule has 4 aromatic rings. The van der Waals surface area contributed by atoms with E-state index in [2.05, 4.69) is 10.2 Å². The van der Waals surface area contributed by atoms with Crippen LogP contribution in [0.4, 0.5) is 0 Å². The molecule has 24 heavy (non-hydrogen) atoms. The number of fused-ring (bicyclic) bond motifs is 1. The van der Waals surface area contributed by atoms with Crippen molar-refractivity contribution in [3.8, 4) is 0 Å². The fourth-order valence-corrected chi connectivity index (χ4v) is 2.99. The molecule has 0 N–H and O–H groups in total.